The molecule has 0 bridgehead atoms. The number of benzene rings is 3. The molecule has 0 atom stereocenters. The highest BCUT2D eigenvalue weighted by molar-refractivity contribution is 7.80. The SMILES string of the molecule is COc1ccc(CCC(=S)N(Cc2ccc(C)cc2)C2CCN(Cc3ccccc3)CC2)cc1. The second-order valence-corrected chi connectivity index (χ2v) is 9.82. The molecular weight excluding hydrogens is 436 g/mol. The highest BCUT2D eigenvalue weighted by Gasteiger charge is 2.26. The molecule has 3 aromatic carbocycles. The number of likely N-dealkylation sites (tertiary alicyclic amines) is 1. The van der Waals surface area contributed by atoms with Gasteiger partial charge in [-0.25, -0.2) is 0 Å². The molecule has 0 spiro atoms. The van der Waals surface area contributed by atoms with Gasteiger partial charge < -0.3 is 9.64 Å². The zero-order chi connectivity index (χ0) is 23.8. The minimum atomic E-state index is 0.497. The van der Waals surface area contributed by atoms with Crippen LogP contribution >= 0.6 is 12.2 Å². The largest absolute Gasteiger partial charge is 0.497 e. The molecule has 0 N–H and O–H groups in total. The molecular formula is C30H36N2OS. The highest BCUT2D eigenvalue weighted by atomic mass is 32.1. The van der Waals surface area contributed by atoms with Crippen molar-refractivity contribution in [2.75, 3.05) is 20.2 Å². The molecule has 1 fully saturated rings. The minimum Gasteiger partial charge on any atom is -0.497 e. The Balaban J connectivity index is 1.39. The summed E-state index contributed by atoms with van der Waals surface area (Å²) < 4.78 is 5.30. The van der Waals surface area contributed by atoms with E-state index >= 15 is 0 Å². The fourth-order valence-electron chi connectivity index (χ4n) is 4.73. The van der Waals surface area contributed by atoms with Crippen molar-refractivity contribution in [3.63, 3.8) is 0 Å². The van der Waals surface area contributed by atoms with Crippen molar-refractivity contribution in [1.29, 1.82) is 0 Å². The van der Waals surface area contributed by atoms with Gasteiger partial charge in [0.15, 0.2) is 0 Å². The van der Waals surface area contributed by atoms with Crippen LogP contribution in [0.2, 0.25) is 0 Å². The molecule has 1 saturated heterocycles. The standard InChI is InChI=1S/C30H36N2OS/c1-24-8-10-27(11-9-24)23-32(30(34)17-14-25-12-15-29(33-2)16-13-25)28-18-20-31(21-19-28)22-26-6-4-3-5-7-26/h3-13,15-16,28H,14,17-23H2,1-2H3. The van der Waals surface area contributed by atoms with Crippen LogP contribution in [0.15, 0.2) is 78.9 Å². The lowest BCUT2D eigenvalue weighted by molar-refractivity contribution is 0.145. The lowest BCUT2D eigenvalue weighted by Crippen LogP contribution is -2.46. The first-order valence-electron chi connectivity index (χ1n) is 12.3. The summed E-state index contributed by atoms with van der Waals surface area (Å²) in [5.41, 5.74) is 5.33. The van der Waals surface area contributed by atoms with Crippen LogP contribution in [0.4, 0.5) is 0 Å². The van der Waals surface area contributed by atoms with Crippen molar-refractivity contribution in [3.05, 3.63) is 101 Å². The van der Waals surface area contributed by atoms with Gasteiger partial charge in [0.25, 0.3) is 0 Å². The van der Waals surface area contributed by atoms with Crippen molar-refractivity contribution >= 4 is 17.2 Å². The van der Waals surface area contributed by atoms with Crippen molar-refractivity contribution in [3.8, 4) is 5.75 Å². The van der Waals surface area contributed by atoms with Crippen LogP contribution in [0.5, 0.6) is 5.75 Å². The van der Waals surface area contributed by atoms with Crippen molar-refractivity contribution < 1.29 is 4.74 Å². The summed E-state index contributed by atoms with van der Waals surface area (Å²) in [4.78, 5) is 6.18. The lowest BCUT2D eigenvalue weighted by atomic mass is 10.00. The van der Waals surface area contributed by atoms with Gasteiger partial charge in [-0.1, -0.05) is 84.5 Å². The molecule has 1 aliphatic rings. The smallest absolute Gasteiger partial charge is 0.118 e. The maximum Gasteiger partial charge on any atom is 0.118 e. The third-order valence-electron chi connectivity index (χ3n) is 6.83. The summed E-state index contributed by atoms with van der Waals surface area (Å²) >= 11 is 6.05. The highest BCUT2D eigenvalue weighted by Crippen LogP contribution is 2.23. The molecule has 0 saturated carbocycles. The molecule has 4 rings (SSSR count). The monoisotopic (exact) mass is 472 g/mol. The first-order valence-corrected chi connectivity index (χ1v) is 12.8. The Labute approximate surface area is 210 Å². The second-order valence-electron chi connectivity index (χ2n) is 9.35. The fraction of sp³-hybridized carbons (Fsp3) is 0.367. The lowest BCUT2D eigenvalue weighted by Gasteiger charge is -2.40. The Hall–Kier alpha value is -2.69. The van der Waals surface area contributed by atoms with Crippen LogP contribution in [0, 0.1) is 6.92 Å². The van der Waals surface area contributed by atoms with E-state index in [-0.39, 0.29) is 0 Å². The predicted octanol–water partition coefficient (Wildman–Crippen LogP) is 6.43. The summed E-state index contributed by atoms with van der Waals surface area (Å²) in [5, 5.41) is 0. The summed E-state index contributed by atoms with van der Waals surface area (Å²) in [6, 6.07) is 28.6. The van der Waals surface area contributed by atoms with E-state index in [1.54, 1.807) is 7.11 Å². The van der Waals surface area contributed by atoms with Gasteiger partial charge in [0.1, 0.15) is 5.75 Å². The van der Waals surface area contributed by atoms with Crippen LogP contribution in [0.25, 0.3) is 0 Å². The van der Waals surface area contributed by atoms with Gasteiger partial charge in [0, 0.05) is 38.6 Å². The second kappa shape index (κ2) is 12.1. The fourth-order valence-corrected chi connectivity index (χ4v) is 5.04. The number of aryl methyl sites for hydroxylation is 2. The van der Waals surface area contributed by atoms with E-state index in [2.05, 4.69) is 83.5 Å². The van der Waals surface area contributed by atoms with E-state index in [1.165, 1.54) is 22.3 Å². The Morgan fingerprint density at radius 1 is 0.882 bits per heavy atom. The average molecular weight is 473 g/mol. The Morgan fingerprint density at radius 3 is 2.18 bits per heavy atom. The molecule has 178 valence electrons. The third kappa shape index (κ3) is 6.91. The minimum absolute atomic E-state index is 0.497. The third-order valence-corrected chi connectivity index (χ3v) is 7.27. The van der Waals surface area contributed by atoms with Crippen LogP contribution in [0.3, 0.4) is 0 Å². The van der Waals surface area contributed by atoms with Crippen molar-refractivity contribution in [2.45, 2.75) is 51.7 Å². The number of rotatable bonds is 9. The molecule has 0 radical (unpaired) electrons. The number of thiocarbonyl (C=S) groups is 1. The molecule has 34 heavy (non-hydrogen) atoms. The van der Waals surface area contributed by atoms with Gasteiger partial charge in [-0.2, -0.15) is 0 Å². The normalized spacial score (nSPS) is 14.6. The molecule has 1 aliphatic heterocycles. The topological polar surface area (TPSA) is 15.7 Å². The number of nitrogens with zero attached hydrogens (tertiary/aromatic N) is 2. The van der Waals surface area contributed by atoms with Gasteiger partial charge in [-0.15, -0.1) is 0 Å². The maximum absolute atomic E-state index is 6.05. The molecule has 0 unspecified atom stereocenters. The zero-order valence-electron chi connectivity index (χ0n) is 20.5. The Morgan fingerprint density at radius 2 is 1.53 bits per heavy atom. The molecule has 1 heterocycles. The maximum atomic E-state index is 6.05. The number of piperidine rings is 1. The van der Waals surface area contributed by atoms with Crippen LogP contribution in [-0.4, -0.2) is 41.0 Å². The number of methoxy groups -OCH3 is 1. The van der Waals surface area contributed by atoms with E-state index in [9.17, 15) is 0 Å². The summed E-state index contributed by atoms with van der Waals surface area (Å²) in [7, 11) is 1.71. The predicted molar refractivity (Wildman–Crippen MR) is 145 cm³/mol. The van der Waals surface area contributed by atoms with E-state index in [0.717, 1.165) is 62.6 Å². The Kier molecular flexibility index (Phi) is 8.73. The van der Waals surface area contributed by atoms with Crippen LogP contribution in [0.1, 0.15) is 41.5 Å². The van der Waals surface area contributed by atoms with Gasteiger partial charge in [-0.3, -0.25) is 4.90 Å². The Bertz CT molecular complexity index is 1030. The zero-order valence-corrected chi connectivity index (χ0v) is 21.3. The molecule has 0 aromatic heterocycles. The van der Waals surface area contributed by atoms with Gasteiger partial charge >= 0.3 is 0 Å². The van der Waals surface area contributed by atoms with E-state index in [0.29, 0.717) is 6.04 Å². The van der Waals surface area contributed by atoms with Crippen molar-refractivity contribution in [2.24, 2.45) is 0 Å². The summed E-state index contributed by atoms with van der Waals surface area (Å²) in [6.45, 7) is 6.30. The van der Waals surface area contributed by atoms with Gasteiger partial charge in [0.05, 0.1) is 12.1 Å². The quantitative estimate of drug-likeness (QED) is 0.333. The molecule has 0 aliphatic carbocycles. The molecule has 3 aromatic rings. The number of hydrogen-bond donors (Lipinski definition) is 0. The van der Waals surface area contributed by atoms with Crippen LogP contribution < -0.4 is 4.74 Å². The molecule has 0 amide bonds. The molecule has 4 heteroatoms. The van der Waals surface area contributed by atoms with Crippen LogP contribution in [-0.2, 0) is 19.5 Å². The summed E-state index contributed by atoms with van der Waals surface area (Å²) in [6.07, 6.45) is 4.17. The number of ether oxygens (including phenoxy) is 1. The van der Waals surface area contributed by atoms with E-state index in [1.807, 2.05) is 12.1 Å². The van der Waals surface area contributed by atoms with Crippen molar-refractivity contribution in [1.82, 2.24) is 9.80 Å². The van der Waals surface area contributed by atoms with Gasteiger partial charge in [0.2, 0.25) is 0 Å². The summed E-state index contributed by atoms with van der Waals surface area (Å²) in [5.74, 6) is 0.898. The van der Waals surface area contributed by atoms with Gasteiger partial charge in [-0.05, 0) is 55.0 Å². The average Bonchev–Trinajstić information content (AvgIpc) is 2.88. The van der Waals surface area contributed by atoms with E-state index in [4.69, 9.17) is 17.0 Å². The number of hydrogen-bond acceptors (Lipinski definition) is 3. The van der Waals surface area contributed by atoms with E-state index < -0.39 is 0 Å². The first kappa shape index (κ1) is 24.4. The molecule has 3 nitrogen and oxygen atoms in total. The first-order chi connectivity index (χ1) is 16.6.